The van der Waals surface area contributed by atoms with E-state index in [0.717, 1.165) is 63.1 Å². The molecule has 0 radical (unpaired) electrons. The van der Waals surface area contributed by atoms with Crippen molar-refractivity contribution in [3.8, 4) is 5.88 Å². The van der Waals surface area contributed by atoms with Gasteiger partial charge in [0, 0.05) is 38.5 Å². The Morgan fingerprint density at radius 3 is 2.79 bits per heavy atom. The van der Waals surface area contributed by atoms with Crippen LogP contribution in [0.4, 0.5) is 0 Å². The summed E-state index contributed by atoms with van der Waals surface area (Å²) in [4.78, 5) is 11.5. The lowest BCUT2D eigenvalue weighted by Crippen LogP contribution is -2.53. The van der Waals surface area contributed by atoms with E-state index in [4.69, 9.17) is 19.2 Å². The van der Waals surface area contributed by atoms with Crippen LogP contribution in [0.3, 0.4) is 0 Å². The number of morpholine rings is 1. The maximum Gasteiger partial charge on any atom is 0.213 e. The zero-order chi connectivity index (χ0) is 19.2. The molecule has 0 bridgehead atoms. The minimum absolute atomic E-state index is 0. The van der Waals surface area contributed by atoms with Gasteiger partial charge in [-0.15, -0.1) is 24.0 Å². The Kier molecular flexibility index (Phi) is 8.80. The molecule has 8 heteroatoms. The zero-order valence-corrected chi connectivity index (χ0v) is 19.5. The van der Waals surface area contributed by atoms with Gasteiger partial charge in [0.05, 0.1) is 25.9 Å². The monoisotopic (exact) mass is 516 g/mol. The molecule has 0 aromatic carbocycles. The molecule has 3 aliphatic rings. The largest absolute Gasteiger partial charge is 0.477 e. The summed E-state index contributed by atoms with van der Waals surface area (Å²) < 4.78 is 17.5. The van der Waals surface area contributed by atoms with Crippen molar-refractivity contribution >= 4 is 29.9 Å². The predicted octanol–water partition coefficient (Wildman–Crippen LogP) is 2.83. The fourth-order valence-electron chi connectivity index (χ4n) is 3.66. The number of ether oxygens (including phenoxy) is 3. The van der Waals surface area contributed by atoms with Crippen LogP contribution in [0.2, 0.25) is 0 Å². The SMILES string of the molecule is CCNC(=NCc1ccc(OCC2CC2)nc1)N1CCOC(C2CCCO2)C1.I. The highest BCUT2D eigenvalue weighted by atomic mass is 127. The number of pyridine rings is 1. The number of rotatable bonds is 7. The first-order chi connectivity index (χ1) is 13.8. The molecular formula is C21H33IN4O3. The number of nitrogens with one attached hydrogen (secondary N) is 1. The summed E-state index contributed by atoms with van der Waals surface area (Å²) in [7, 11) is 0. The second-order valence-electron chi connectivity index (χ2n) is 7.84. The zero-order valence-electron chi connectivity index (χ0n) is 17.2. The number of hydrogen-bond acceptors (Lipinski definition) is 5. The van der Waals surface area contributed by atoms with E-state index >= 15 is 0 Å². The maximum absolute atomic E-state index is 5.97. The molecule has 0 amide bonds. The molecule has 2 unspecified atom stereocenters. The third-order valence-corrected chi connectivity index (χ3v) is 5.48. The third-order valence-electron chi connectivity index (χ3n) is 5.48. The summed E-state index contributed by atoms with van der Waals surface area (Å²) >= 11 is 0. The van der Waals surface area contributed by atoms with E-state index < -0.39 is 0 Å². The van der Waals surface area contributed by atoms with Crippen molar-refractivity contribution in [3.63, 3.8) is 0 Å². The predicted molar refractivity (Wildman–Crippen MR) is 123 cm³/mol. The minimum atomic E-state index is 0. The Morgan fingerprint density at radius 2 is 2.10 bits per heavy atom. The van der Waals surface area contributed by atoms with E-state index in [2.05, 4.69) is 28.2 Å². The van der Waals surface area contributed by atoms with Crippen molar-refractivity contribution in [3.05, 3.63) is 23.9 Å². The molecule has 162 valence electrons. The van der Waals surface area contributed by atoms with Gasteiger partial charge in [0.15, 0.2) is 5.96 Å². The number of nitrogens with zero attached hydrogens (tertiary/aromatic N) is 3. The fourth-order valence-corrected chi connectivity index (χ4v) is 3.66. The van der Waals surface area contributed by atoms with Crippen LogP contribution in [0.1, 0.15) is 38.2 Å². The van der Waals surface area contributed by atoms with Crippen molar-refractivity contribution in [1.29, 1.82) is 0 Å². The Hall–Kier alpha value is -1.13. The smallest absolute Gasteiger partial charge is 0.213 e. The van der Waals surface area contributed by atoms with Crippen LogP contribution in [0.5, 0.6) is 5.88 Å². The van der Waals surface area contributed by atoms with Gasteiger partial charge in [-0.25, -0.2) is 9.98 Å². The summed E-state index contributed by atoms with van der Waals surface area (Å²) in [5.74, 6) is 2.38. The highest BCUT2D eigenvalue weighted by Crippen LogP contribution is 2.29. The van der Waals surface area contributed by atoms with Gasteiger partial charge in [-0.3, -0.25) is 0 Å². The summed E-state index contributed by atoms with van der Waals surface area (Å²) in [6, 6.07) is 4.00. The summed E-state index contributed by atoms with van der Waals surface area (Å²) in [5, 5.41) is 3.42. The molecule has 7 nitrogen and oxygen atoms in total. The molecular weight excluding hydrogens is 483 g/mol. The maximum atomic E-state index is 5.97. The second-order valence-corrected chi connectivity index (χ2v) is 7.84. The Labute approximate surface area is 190 Å². The Balaban J connectivity index is 0.00000240. The molecule has 29 heavy (non-hydrogen) atoms. The molecule has 1 saturated carbocycles. The van der Waals surface area contributed by atoms with Gasteiger partial charge in [-0.1, -0.05) is 6.07 Å². The van der Waals surface area contributed by atoms with E-state index in [1.54, 1.807) is 0 Å². The van der Waals surface area contributed by atoms with Gasteiger partial charge >= 0.3 is 0 Å². The molecule has 2 atom stereocenters. The van der Waals surface area contributed by atoms with Crippen molar-refractivity contribution in [2.24, 2.45) is 10.9 Å². The van der Waals surface area contributed by atoms with Gasteiger partial charge in [-0.05, 0) is 44.1 Å². The van der Waals surface area contributed by atoms with E-state index in [9.17, 15) is 0 Å². The van der Waals surface area contributed by atoms with Crippen molar-refractivity contribution < 1.29 is 14.2 Å². The molecule has 2 saturated heterocycles. The second kappa shape index (κ2) is 11.3. The van der Waals surface area contributed by atoms with Gasteiger partial charge < -0.3 is 24.4 Å². The molecule has 1 N–H and O–H groups in total. The van der Waals surface area contributed by atoms with E-state index in [-0.39, 0.29) is 36.2 Å². The average molecular weight is 516 g/mol. The van der Waals surface area contributed by atoms with Gasteiger partial charge in [0.1, 0.15) is 6.10 Å². The number of aliphatic imine (C=N–C) groups is 1. The Bertz CT molecular complexity index is 648. The van der Waals surface area contributed by atoms with Gasteiger partial charge in [-0.2, -0.15) is 0 Å². The first kappa shape index (κ1) is 22.6. The number of aromatic nitrogens is 1. The van der Waals surface area contributed by atoms with Crippen LogP contribution in [-0.4, -0.2) is 67.5 Å². The van der Waals surface area contributed by atoms with Crippen molar-refractivity contribution in [2.75, 3.05) is 39.5 Å². The number of guanidine groups is 1. The highest BCUT2D eigenvalue weighted by molar-refractivity contribution is 14.0. The van der Waals surface area contributed by atoms with E-state index in [1.165, 1.54) is 12.8 Å². The molecule has 4 rings (SSSR count). The standard InChI is InChI=1S/C21H32N4O3.HI/c1-2-22-21(25-9-11-27-19(14-25)18-4-3-10-26-18)24-13-17-7-8-20(23-12-17)28-15-16-5-6-16;/h7-8,12,16,18-19H,2-6,9-11,13-15H2,1H3,(H,22,24);1H. The quantitative estimate of drug-likeness (QED) is 0.342. The van der Waals surface area contributed by atoms with Gasteiger partial charge in [0.25, 0.3) is 0 Å². The molecule has 3 heterocycles. The van der Waals surface area contributed by atoms with Crippen LogP contribution in [0, 0.1) is 5.92 Å². The highest BCUT2D eigenvalue weighted by Gasteiger charge is 2.32. The van der Waals surface area contributed by atoms with Gasteiger partial charge in [0.2, 0.25) is 5.88 Å². The number of hydrogen-bond donors (Lipinski definition) is 1. The summed E-state index contributed by atoms with van der Waals surface area (Å²) in [6.45, 7) is 7.56. The molecule has 0 spiro atoms. The molecule has 1 aromatic heterocycles. The lowest BCUT2D eigenvalue weighted by molar-refractivity contribution is -0.0817. The third kappa shape index (κ3) is 6.68. The lowest BCUT2D eigenvalue weighted by Gasteiger charge is -2.37. The van der Waals surface area contributed by atoms with Crippen LogP contribution in [-0.2, 0) is 16.0 Å². The van der Waals surface area contributed by atoms with E-state index in [0.29, 0.717) is 19.0 Å². The summed E-state index contributed by atoms with van der Waals surface area (Å²) in [5.41, 5.74) is 1.08. The van der Waals surface area contributed by atoms with Crippen LogP contribution >= 0.6 is 24.0 Å². The summed E-state index contributed by atoms with van der Waals surface area (Å²) in [6.07, 6.45) is 7.01. The molecule has 1 aliphatic carbocycles. The van der Waals surface area contributed by atoms with Crippen molar-refractivity contribution in [2.45, 2.75) is 51.4 Å². The Morgan fingerprint density at radius 1 is 1.24 bits per heavy atom. The average Bonchev–Trinajstić information content (AvgIpc) is 3.41. The molecule has 2 aliphatic heterocycles. The van der Waals surface area contributed by atoms with Crippen LogP contribution in [0.15, 0.2) is 23.3 Å². The first-order valence-corrected chi connectivity index (χ1v) is 10.7. The minimum Gasteiger partial charge on any atom is -0.477 e. The fraction of sp³-hybridized carbons (Fsp3) is 0.714. The lowest BCUT2D eigenvalue weighted by atomic mass is 10.1. The normalized spacial score (nSPS) is 24.9. The number of halogens is 1. The topological polar surface area (TPSA) is 68.2 Å². The van der Waals surface area contributed by atoms with Crippen LogP contribution in [0.25, 0.3) is 0 Å². The molecule has 3 fully saturated rings. The van der Waals surface area contributed by atoms with Crippen LogP contribution < -0.4 is 10.1 Å². The first-order valence-electron chi connectivity index (χ1n) is 10.7. The molecule has 1 aromatic rings. The van der Waals surface area contributed by atoms with Crippen molar-refractivity contribution in [1.82, 2.24) is 15.2 Å². The van der Waals surface area contributed by atoms with E-state index in [1.807, 2.05) is 12.3 Å².